The first-order chi connectivity index (χ1) is 3.39. The number of phenolic OH excluding ortho intramolecular Hbond substituents is 1. The standard InChI is InChI=1S/C6H5O.CH3.2H2O.2U/c7-6-4-2-1-3-5-6;;;;;/h1-4,7H;1H3;2*1H2;;/q2*-1;;;;. The van der Waals surface area contributed by atoms with Crippen LogP contribution in [0.3, 0.4) is 0 Å². The fourth-order valence-corrected chi connectivity index (χ4v) is 0.384. The van der Waals surface area contributed by atoms with Gasteiger partial charge in [-0.25, -0.2) is 0 Å². The third kappa shape index (κ3) is 13.6. The predicted octanol–water partition coefficient (Wildman–Crippen LogP) is -0.00672. The van der Waals surface area contributed by atoms with Crippen molar-refractivity contribution in [1.29, 1.82) is 0 Å². The Bertz CT molecular complexity index is 147. The van der Waals surface area contributed by atoms with Crippen molar-refractivity contribution < 1.29 is 78.3 Å². The van der Waals surface area contributed by atoms with E-state index >= 15 is 0 Å². The minimum atomic E-state index is 0. The van der Waals surface area contributed by atoms with Crippen LogP contribution in [0.25, 0.3) is 0 Å². The van der Waals surface area contributed by atoms with E-state index in [4.69, 9.17) is 5.11 Å². The van der Waals surface area contributed by atoms with Crippen molar-refractivity contribution in [3.63, 3.8) is 0 Å². The molecule has 1 aromatic carbocycles. The molecule has 1 aromatic rings. The van der Waals surface area contributed by atoms with Crippen LogP contribution in [-0.4, -0.2) is 16.1 Å². The molecule has 1 rings (SSSR count). The monoisotopic (exact) mass is 620 g/mol. The van der Waals surface area contributed by atoms with Gasteiger partial charge in [0.2, 0.25) is 0 Å². The minimum absolute atomic E-state index is 0. The molecule has 0 aromatic heterocycles. The fourth-order valence-electron chi connectivity index (χ4n) is 0.384. The van der Waals surface area contributed by atoms with Crippen LogP contribution < -0.4 is 0 Å². The molecule has 0 aliphatic carbocycles. The molecule has 5 heteroatoms. The number of para-hydroxylation sites is 1. The third-order valence-corrected chi connectivity index (χ3v) is 0.693. The van der Waals surface area contributed by atoms with E-state index in [0.717, 1.165) is 0 Å². The van der Waals surface area contributed by atoms with E-state index < -0.39 is 0 Å². The molecule has 3 nitrogen and oxygen atoms in total. The summed E-state index contributed by atoms with van der Waals surface area (Å²) in [6, 6.07) is 9.39. The molecule has 0 saturated carbocycles. The van der Waals surface area contributed by atoms with E-state index in [0.29, 0.717) is 0 Å². The Morgan fingerprint density at radius 1 is 1.08 bits per heavy atom. The van der Waals surface area contributed by atoms with Gasteiger partial charge in [-0.1, -0.05) is 0 Å². The molecule has 0 aliphatic heterocycles. The van der Waals surface area contributed by atoms with Crippen LogP contribution in [0.1, 0.15) is 0 Å². The summed E-state index contributed by atoms with van der Waals surface area (Å²) in [6.07, 6.45) is 0. The SMILES string of the molecule is O.O.Oc1[c-]cccc1.[CH3-].[U].[U]. The smallest absolute Gasteiger partial charge is 0.00397 e. The van der Waals surface area contributed by atoms with Crippen LogP contribution in [0.5, 0.6) is 5.75 Å². The quantitative estimate of drug-likeness (QED) is 0.408. The second-order valence-corrected chi connectivity index (χ2v) is 1.25. The summed E-state index contributed by atoms with van der Waals surface area (Å²) in [7, 11) is 0. The first-order valence-corrected chi connectivity index (χ1v) is 2.05. The van der Waals surface area contributed by atoms with Crippen molar-refractivity contribution >= 4 is 0 Å². The molecule has 0 amide bonds. The van der Waals surface area contributed by atoms with Gasteiger partial charge < -0.3 is 23.5 Å². The van der Waals surface area contributed by atoms with Crippen molar-refractivity contribution in [2.45, 2.75) is 0 Å². The maximum atomic E-state index is 8.58. The van der Waals surface area contributed by atoms with Gasteiger partial charge in [-0.05, 0) is 0 Å². The fraction of sp³-hybridized carbons (Fsp3) is 0. The first-order valence-electron chi connectivity index (χ1n) is 2.05. The van der Waals surface area contributed by atoms with Crippen LogP contribution in [-0.2, 0) is 0 Å². The largest absolute Gasteiger partial charge is 0.534 e. The minimum Gasteiger partial charge on any atom is -0.534 e. The van der Waals surface area contributed by atoms with Gasteiger partial charge in [0.05, 0.1) is 0 Å². The second kappa shape index (κ2) is 18.0. The maximum Gasteiger partial charge on any atom is 0.00397 e. The number of benzene rings is 1. The van der Waals surface area contributed by atoms with Gasteiger partial charge in [-0.2, -0.15) is 18.2 Å². The van der Waals surface area contributed by atoms with Crippen molar-refractivity contribution in [2.75, 3.05) is 0 Å². The van der Waals surface area contributed by atoms with E-state index in [1.165, 1.54) is 0 Å². The van der Waals surface area contributed by atoms with E-state index in [2.05, 4.69) is 6.07 Å². The van der Waals surface area contributed by atoms with E-state index in [9.17, 15) is 0 Å². The molecule has 5 N–H and O–H groups in total. The average molecular weight is 620 g/mol. The summed E-state index contributed by atoms with van der Waals surface area (Å²) in [5, 5.41) is 8.58. The molecular formula is C7H12O3U2-2. The first kappa shape index (κ1) is 29.2. The molecule has 0 bridgehead atoms. The molecule has 0 atom stereocenters. The summed E-state index contributed by atoms with van der Waals surface area (Å²) in [5.74, 6) is 0.197. The molecule has 0 spiro atoms. The average Bonchev–Trinajstić information content (AvgIpc) is 1.69. The van der Waals surface area contributed by atoms with Gasteiger partial charge in [0.1, 0.15) is 0 Å². The summed E-state index contributed by atoms with van der Waals surface area (Å²) in [5.41, 5.74) is 0. The van der Waals surface area contributed by atoms with Gasteiger partial charge in [0.25, 0.3) is 0 Å². The van der Waals surface area contributed by atoms with Gasteiger partial charge >= 0.3 is 0 Å². The summed E-state index contributed by atoms with van der Waals surface area (Å²) in [6.45, 7) is 0. The summed E-state index contributed by atoms with van der Waals surface area (Å²) < 4.78 is 0. The van der Waals surface area contributed by atoms with Crippen LogP contribution in [0.15, 0.2) is 24.3 Å². The van der Waals surface area contributed by atoms with Crippen molar-refractivity contribution in [1.82, 2.24) is 0 Å². The van der Waals surface area contributed by atoms with Crippen molar-refractivity contribution in [3.05, 3.63) is 37.8 Å². The number of rotatable bonds is 0. The zero-order valence-corrected chi connectivity index (χ0v) is 15.1. The van der Waals surface area contributed by atoms with Gasteiger partial charge in [0, 0.05) is 68.0 Å². The Morgan fingerprint density at radius 2 is 1.58 bits per heavy atom. The van der Waals surface area contributed by atoms with Crippen LogP contribution in [0.2, 0.25) is 0 Å². The molecule has 0 saturated heterocycles. The van der Waals surface area contributed by atoms with Gasteiger partial charge in [0.15, 0.2) is 0 Å². The zero-order valence-electron chi connectivity index (χ0n) is 6.76. The van der Waals surface area contributed by atoms with Crippen LogP contribution >= 0.6 is 0 Å². The van der Waals surface area contributed by atoms with E-state index in [1.807, 2.05) is 0 Å². The normalized spacial score (nSPS) is 5.00. The Kier molecular flexibility index (Phi) is 43.8. The molecule has 12 heavy (non-hydrogen) atoms. The number of phenols is 1. The molecule has 68 valence electrons. The van der Waals surface area contributed by atoms with Crippen LogP contribution in [0, 0.1) is 75.7 Å². The second-order valence-electron chi connectivity index (χ2n) is 1.25. The Morgan fingerprint density at radius 3 is 1.75 bits per heavy atom. The summed E-state index contributed by atoms with van der Waals surface area (Å²) in [4.78, 5) is 0. The molecule has 0 radical (unpaired) electrons. The number of hydrogen-bond donors (Lipinski definition) is 1. The molecule has 0 unspecified atom stereocenters. The molecule has 0 aliphatic rings. The molecular weight excluding hydrogens is 608 g/mol. The van der Waals surface area contributed by atoms with Gasteiger partial charge in [-0.3, -0.25) is 0 Å². The predicted molar refractivity (Wildman–Crippen MR) is 40.6 cm³/mol. The maximum absolute atomic E-state index is 8.58. The molecule has 0 heterocycles. The Hall–Kier alpha value is 1.04. The van der Waals surface area contributed by atoms with E-state index in [1.54, 1.807) is 24.3 Å². The van der Waals surface area contributed by atoms with E-state index in [-0.39, 0.29) is 86.4 Å². The number of hydrogen-bond acceptors (Lipinski definition) is 1. The third-order valence-electron chi connectivity index (χ3n) is 0.693. The topological polar surface area (TPSA) is 83.2 Å². The number of aromatic hydroxyl groups is 1. The Balaban J connectivity index is -0.0000000327. The molecule has 0 fully saturated rings. The zero-order chi connectivity index (χ0) is 5.11. The van der Waals surface area contributed by atoms with Crippen molar-refractivity contribution in [2.24, 2.45) is 0 Å². The van der Waals surface area contributed by atoms with Crippen LogP contribution in [0.4, 0.5) is 0 Å². The Labute approximate surface area is 120 Å². The summed E-state index contributed by atoms with van der Waals surface area (Å²) >= 11 is 0. The van der Waals surface area contributed by atoms with Crippen molar-refractivity contribution in [3.8, 4) is 5.75 Å². The van der Waals surface area contributed by atoms with Gasteiger partial charge in [-0.15, -0.1) is 12.1 Å².